The zero-order valence-corrected chi connectivity index (χ0v) is 10.5. The van der Waals surface area contributed by atoms with Gasteiger partial charge in [-0.15, -0.1) is 23.1 Å². The Morgan fingerprint density at radius 3 is 2.93 bits per heavy atom. The van der Waals surface area contributed by atoms with Crippen molar-refractivity contribution in [3.8, 4) is 0 Å². The van der Waals surface area contributed by atoms with Gasteiger partial charge in [0.1, 0.15) is 0 Å². The summed E-state index contributed by atoms with van der Waals surface area (Å²) in [5, 5.41) is 3.17. The minimum Gasteiger partial charge on any atom is -0.250 e. The van der Waals surface area contributed by atoms with Crippen molar-refractivity contribution in [3.05, 3.63) is 45.2 Å². The van der Waals surface area contributed by atoms with Gasteiger partial charge in [-0.2, -0.15) is 0 Å². The molecule has 1 nitrogen and oxygen atoms in total. The lowest BCUT2D eigenvalue weighted by molar-refractivity contribution is 1.13. The molecule has 72 valence electrons. The highest BCUT2D eigenvalue weighted by Gasteiger charge is 2.02. The third-order valence-corrected chi connectivity index (χ3v) is 4.76. The summed E-state index contributed by atoms with van der Waals surface area (Å²) in [6, 6.07) is 8.06. The van der Waals surface area contributed by atoms with Crippen LogP contribution in [0.1, 0.15) is 4.88 Å². The van der Waals surface area contributed by atoms with Gasteiger partial charge in [0.15, 0.2) is 0 Å². The van der Waals surface area contributed by atoms with Crippen LogP contribution in [0.2, 0.25) is 0 Å². The van der Waals surface area contributed by atoms with E-state index in [-0.39, 0.29) is 0 Å². The molecule has 0 radical (unpaired) electrons. The lowest BCUT2D eigenvalue weighted by Gasteiger charge is -1.98. The average molecular weight is 286 g/mol. The largest absolute Gasteiger partial charge is 0.250 e. The SMILES string of the molecule is Brc1ccsc1CSc1ccccn1. The summed E-state index contributed by atoms with van der Waals surface area (Å²) in [6.45, 7) is 0. The molecule has 0 aliphatic heterocycles. The minimum atomic E-state index is 0.981. The maximum Gasteiger partial charge on any atom is 0.0963 e. The topological polar surface area (TPSA) is 12.9 Å². The lowest BCUT2D eigenvalue weighted by Crippen LogP contribution is -1.79. The summed E-state index contributed by atoms with van der Waals surface area (Å²) in [5.74, 6) is 0.981. The van der Waals surface area contributed by atoms with E-state index in [1.165, 1.54) is 9.35 Å². The zero-order valence-electron chi connectivity index (χ0n) is 7.31. The molecule has 0 fully saturated rings. The highest BCUT2D eigenvalue weighted by atomic mass is 79.9. The number of halogens is 1. The van der Waals surface area contributed by atoms with E-state index in [0.717, 1.165) is 10.8 Å². The predicted octanol–water partition coefficient (Wildman–Crippen LogP) is 4.20. The number of hydrogen-bond donors (Lipinski definition) is 0. The molecular formula is C10H8BrNS2. The normalized spacial score (nSPS) is 10.4. The third-order valence-electron chi connectivity index (χ3n) is 1.68. The Labute approximate surface area is 99.7 Å². The second-order valence-electron chi connectivity index (χ2n) is 2.65. The first-order valence-corrected chi connectivity index (χ1v) is 6.78. The fourth-order valence-corrected chi connectivity index (χ4v) is 3.66. The van der Waals surface area contributed by atoms with Crippen LogP contribution < -0.4 is 0 Å². The summed E-state index contributed by atoms with van der Waals surface area (Å²) in [4.78, 5) is 5.62. The zero-order chi connectivity index (χ0) is 9.80. The Morgan fingerprint density at radius 1 is 1.36 bits per heavy atom. The van der Waals surface area contributed by atoms with Crippen LogP contribution >= 0.6 is 39.0 Å². The van der Waals surface area contributed by atoms with Gasteiger partial charge in [-0.25, -0.2) is 4.98 Å². The Hall–Kier alpha value is -0.320. The first-order valence-electron chi connectivity index (χ1n) is 4.12. The van der Waals surface area contributed by atoms with Crippen molar-refractivity contribution in [2.45, 2.75) is 10.8 Å². The molecule has 0 aliphatic rings. The van der Waals surface area contributed by atoms with E-state index in [2.05, 4.69) is 32.4 Å². The van der Waals surface area contributed by atoms with Crippen molar-refractivity contribution in [2.75, 3.05) is 0 Å². The highest BCUT2D eigenvalue weighted by Crippen LogP contribution is 2.29. The highest BCUT2D eigenvalue weighted by molar-refractivity contribution is 9.10. The van der Waals surface area contributed by atoms with Crippen LogP contribution in [-0.2, 0) is 5.75 Å². The van der Waals surface area contributed by atoms with Crippen molar-refractivity contribution in [3.63, 3.8) is 0 Å². The summed E-state index contributed by atoms with van der Waals surface area (Å²) in [7, 11) is 0. The molecule has 2 aromatic heterocycles. The fraction of sp³-hybridized carbons (Fsp3) is 0.100. The molecular weight excluding hydrogens is 278 g/mol. The molecule has 0 saturated carbocycles. The van der Waals surface area contributed by atoms with Gasteiger partial charge in [-0.05, 0) is 39.5 Å². The lowest BCUT2D eigenvalue weighted by atomic mass is 10.5. The number of rotatable bonds is 3. The Kier molecular flexibility index (Phi) is 3.61. The van der Waals surface area contributed by atoms with Crippen LogP contribution in [0.25, 0.3) is 0 Å². The standard InChI is InChI=1S/C10H8BrNS2/c11-8-4-6-13-9(8)7-14-10-3-1-2-5-12-10/h1-6H,7H2. The van der Waals surface area contributed by atoms with Gasteiger partial charge >= 0.3 is 0 Å². The molecule has 0 amide bonds. The van der Waals surface area contributed by atoms with Crippen LogP contribution in [0.5, 0.6) is 0 Å². The van der Waals surface area contributed by atoms with Gasteiger partial charge in [0, 0.05) is 21.3 Å². The van der Waals surface area contributed by atoms with Gasteiger partial charge in [0.25, 0.3) is 0 Å². The average Bonchev–Trinajstić information content (AvgIpc) is 2.63. The summed E-state index contributed by atoms with van der Waals surface area (Å²) < 4.78 is 1.20. The molecule has 0 saturated heterocycles. The van der Waals surface area contributed by atoms with Crippen molar-refractivity contribution < 1.29 is 0 Å². The van der Waals surface area contributed by atoms with Crippen molar-refractivity contribution in [2.24, 2.45) is 0 Å². The fourth-order valence-electron chi connectivity index (χ4n) is 1.00. The third kappa shape index (κ3) is 2.59. The molecule has 0 aromatic carbocycles. The number of aromatic nitrogens is 1. The van der Waals surface area contributed by atoms with Crippen LogP contribution in [0.4, 0.5) is 0 Å². The number of nitrogens with zero attached hydrogens (tertiary/aromatic N) is 1. The second kappa shape index (κ2) is 4.96. The van der Waals surface area contributed by atoms with Crippen molar-refractivity contribution in [1.29, 1.82) is 0 Å². The minimum absolute atomic E-state index is 0.981. The molecule has 2 heterocycles. The van der Waals surface area contributed by atoms with E-state index in [0.29, 0.717) is 0 Å². The molecule has 0 unspecified atom stereocenters. The summed E-state index contributed by atoms with van der Waals surface area (Å²) in [5.41, 5.74) is 0. The summed E-state index contributed by atoms with van der Waals surface area (Å²) in [6.07, 6.45) is 1.83. The van der Waals surface area contributed by atoms with Crippen LogP contribution in [0.3, 0.4) is 0 Å². The quantitative estimate of drug-likeness (QED) is 0.784. The molecule has 0 N–H and O–H groups in total. The van der Waals surface area contributed by atoms with Crippen molar-refractivity contribution in [1.82, 2.24) is 4.98 Å². The maximum absolute atomic E-state index is 4.26. The van der Waals surface area contributed by atoms with E-state index in [1.807, 2.05) is 24.4 Å². The molecule has 2 aromatic rings. The van der Waals surface area contributed by atoms with Crippen LogP contribution in [0, 0.1) is 0 Å². The van der Waals surface area contributed by atoms with Gasteiger partial charge < -0.3 is 0 Å². The van der Waals surface area contributed by atoms with E-state index in [4.69, 9.17) is 0 Å². The first kappa shape index (κ1) is 10.2. The van der Waals surface area contributed by atoms with E-state index >= 15 is 0 Å². The van der Waals surface area contributed by atoms with Crippen molar-refractivity contribution >= 4 is 39.0 Å². The number of pyridine rings is 1. The number of thioether (sulfide) groups is 1. The first-order chi connectivity index (χ1) is 6.86. The number of thiophene rings is 1. The smallest absolute Gasteiger partial charge is 0.0963 e. The monoisotopic (exact) mass is 285 g/mol. The molecule has 14 heavy (non-hydrogen) atoms. The molecule has 2 rings (SSSR count). The second-order valence-corrected chi connectivity index (χ2v) is 5.50. The molecule has 0 spiro atoms. The van der Waals surface area contributed by atoms with Gasteiger partial charge in [-0.3, -0.25) is 0 Å². The number of hydrogen-bond acceptors (Lipinski definition) is 3. The predicted molar refractivity (Wildman–Crippen MR) is 65.8 cm³/mol. The van der Waals surface area contributed by atoms with E-state index in [9.17, 15) is 0 Å². The van der Waals surface area contributed by atoms with E-state index < -0.39 is 0 Å². The Bertz CT molecular complexity index is 400. The Balaban J connectivity index is 1.99. The van der Waals surface area contributed by atoms with Gasteiger partial charge in [0.05, 0.1) is 5.03 Å². The summed E-state index contributed by atoms with van der Waals surface area (Å²) >= 11 is 7.05. The van der Waals surface area contributed by atoms with Gasteiger partial charge in [-0.1, -0.05) is 6.07 Å². The molecule has 0 aliphatic carbocycles. The molecule has 4 heteroatoms. The van der Waals surface area contributed by atoms with E-state index in [1.54, 1.807) is 23.1 Å². The molecule has 0 atom stereocenters. The van der Waals surface area contributed by atoms with Gasteiger partial charge in [0.2, 0.25) is 0 Å². The van der Waals surface area contributed by atoms with Crippen LogP contribution in [-0.4, -0.2) is 4.98 Å². The molecule has 0 bridgehead atoms. The maximum atomic E-state index is 4.26. The van der Waals surface area contributed by atoms with Crippen LogP contribution in [0.15, 0.2) is 45.3 Å². The Morgan fingerprint density at radius 2 is 2.29 bits per heavy atom.